The van der Waals surface area contributed by atoms with Gasteiger partial charge in [-0.05, 0) is 93.0 Å². The van der Waals surface area contributed by atoms with E-state index in [4.69, 9.17) is 8.83 Å². The molecule has 0 atom stereocenters. The van der Waals surface area contributed by atoms with Gasteiger partial charge in [0, 0.05) is 42.1 Å². The van der Waals surface area contributed by atoms with Crippen molar-refractivity contribution in [2.24, 2.45) is 0 Å². The van der Waals surface area contributed by atoms with Crippen LogP contribution in [0.1, 0.15) is 0 Å². The quantitative estimate of drug-likeness (QED) is 0.168. The summed E-state index contributed by atoms with van der Waals surface area (Å²) in [7, 11) is 0. The summed E-state index contributed by atoms with van der Waals surface area (Å²) < 4.78 is 17.9. The van der Waals surface area contributed by atoms with E-state index in [0.717, 1.165) is 44.6 Å². The molecule has 0 N–H and O–H groups in total. The number of benzene rings is 8. The Morgan fingerprint density at radius 3 is 1.05 bits per heavy atom. The molecule has 0 spiro atoms. The van der Waals surface area contributed by atoms with Gasteiger partial charge in [-0.25, -0.2) is 0 Å². The van der Waals surface area contributed by atoms with E-state index >= 15 is 0 Å². The van der Waals surface area contributed by atoms with E-state index in [-0.39, 0.29) is 0 Å². The van der Waals surface area contributed by atoms with Crippen LogP contribution in [0, 0.1) is 0 Å². The fourth-order valence-electron chi connectivity index (χ4n) is 8.26. The Kier molecular flexibility index (Phi) is 7.62. The predicted octanol–water partition coefficient (Wildman–Crippen LogP) is 16.8. The maximum absolute atomic E-state index is 6.28. The summed E-state index contributed by atoms with van der Waals surface area (Å²) in [6, 6.07) is 69.4. The van der Waals surface area contributed by atoms with Gasteiger partial charge in [0.1, 0.15) is 22.7 Å². The van der Waals surface area contributed by atoms with E-state index in [2.05, 4.69) is 182 Å². The number of hydrogen-bond acceptors (Lipinski definition) is 4. The van der Waals surface area contributed by atoms with Gasteiger partial charge in [-0.15, -0.1) is 22.7 Å². The van der Waals surface area contributed by atoms with Crippen molar-refractivity contribution in [2.45, 2.75) is 0 Å². The minimum Gasteiger partial charge on any atom is -0.456 e. The fraction of sp³-hybridized carbons (Fsp3) is 0. The second-order valence-corrected chi connectivity index (χ2v) is 17.0. The van der Waals surface area contributed by atoms with E-state index in [9.17, 15) is 0 Å². The van der Waals surface area contributed by atoms with Gasteiger partial charge in [-0.1, -0.05) is 146 Å². The molecule has 0 saturated heterocycles. The Bertz CT molecular complexity index is 3240. The van der Waals surface area contributed by atoms with Gasteiger partial charge in [0.15, 0.2) is 0 Å². The largest absolute Gasteiger partial charge is 0.456 e. The summed E-state index contributed by atoms with van der Waals surface area (Å²) in [6.07, 6.45) is 0. The zero-order valence-electron chi connectivity index (χ0n) is 31.1. The molecule has 0 amide bonds. The van der Waals surface area contributed by atoms with Crippen LogP contribution in [-0.4, -0.2) is 0 Å². The summed E-state index contributed by atoms with van der Waals surface area (Å²) in [5.74, 6) is 1.77. The molecule has 4 heteroatoms. The third-order valence-corrected chi connectivity index (χ3v) is 13.8. The maximum atomic E-state index is 6.28. The van der Waals surface area contributed by atoms with Crippen LogP contribution in [-0.2, 0) is 0 Å². The summed E-state index contributed by atoms with van der Waals surface area (Å²) in [5, 5.41) is 4.87. The molecular weight excluding hydrogens is 745 g/mol. The first kappa shape index (κ1) is 33.2. The topological polar surface area (TPSA) is 26.3 Å². The van der Waals surface area contributed by atoms with E-state index < -0.39 is 0 Å². The van der Waals surface area contributed by atoms with Crippen molar-refractivity contribution in [2.75, 3.05) is 0 Å². The SMILES string of the molecule is c1ccc(-c2ccc3oc(-c4ccc(-c5ccc6c(c5)sc5c7ccc(-c8ccc(-c9cc%10cc(-c%11ccccc%11)ccc%10o9)cc8)cc7sc65)cc4)cc3c2)cc1. The number of furan rings is 2. The predicted molar refractivity (Wildman–Crippen MR) is 247 cm³/mol. The number of fused-ring (bicyclic) bond motifs is 7. The van der Waals surface area contributed by atoms with Gasteiger partial charge in [-0.3, -0.25) is 0 Å². The Balaban J connectivity index is 0.792. The molecule has 0 fully saturated rings. The summed E-state index contributed by atoms with van der Waals surface area (Å²) in [4.78, 5) is 0. The van der Waals surface area contributed by atoms with Crippen LogP contribution in [0.25, 0.3) is 119 Å². The molecule has 8 aromatic carbocycles. The standard InChI is InChI=1S/C54H32O2S2/c1-3-7-33(8-4-1)39-21-25-47-43(27-39)29-49(55-47)37-15-11-35(12-16-37)41-19-23-45-51(31-41)57-54-46-24-20-42(32-52(46)58-53(45)54)36-13-17-38(18-14-36)50-30-44-28-40(22-26-48(44)56-50)34-9-5-2-6-10-34/h1-32H. The van der Waals surface area contributed by atoms with Crippen molar-refractivity contribution in [3.05, 3.63) is 194 Å². The second kappa shape index (κ2) is 13.3. The summed E-state index contributed by atoms with van der Waals surface area (Å²) in [6.45, 7) is 0. The van der Waals surface area contributed by atoms with Gasteiger partial charge >= 0.3 is 0 Å². The van der Waals surface area contributed by atoms with Crippen molar-refractivity contribution >= 4 is 74.2 Å². The Morgan fingerprint density at radius 2 is 0.621 bits per heavy atom. The average Bonchev–Trinajstić information content (AvgIpc) is 4.08. The zero-order valence-corrected chi connectivity index (χ0v) is 32.7. The molecule has 0 saturated carbocycles. The zero-order chi connectivity index (χ0) is 38.2. The third-order valence-electron chi connectivity index (χ3n) is 11.3. The molecule has 58 heavy (non-hydrogen) atoms. The van der Waals surface area contributed by atoms with E-state index in [1.165, 1.54) is 74.1 Å². The Hall–Kier alpha value is -6.98. The van der Waals surface area contributed by atoms with E-state index in [0.29, 0.717) is 0 Å². The highest BCUT2D eigenvalue weighted by Gasteiger charge is 2.15. The maximum Gasteiger partial charge on any atom is 0.135 e. The molecular formula is C54H32O2S2. The molecule has 0 aliphatic heterocycles. The second-order valence-electron chi connectivity index (χ2n) is 14.9. The van der Waals surface area contributed by atoms with Gasteiger partial charge in [0.05, 0.1) is 9.40 Å². The van der Waals surface area contributed by atoms with Gasteiger partial charge in [-0.2, -0.15) is 0 Å². The van der Waals surface area contributed by atoms with Gasteiger partial charge < -0.3 is 8.83 Å². The number of thiophene rings is 2. The molecule has 0 radical (unpaired) electrons. The number of hydrogen-bond donors (Lipinski definition) is 0. The average molecular weight is 777 g/mol. The molecule has 12 aromatic rings. The number of rotatable bonds is 6. The molecule has 0 unspecified atom stereocenters. The lowest BCUT2D eigenvalue weighted by Crippen LogP contribution is -1.79. The first-order valence-corrected chi connectivity index (χ1v) is 21.1. The van der Waals surface area contributed by atoms with Gasteiger partial charge in [0.25, 0.3) is 0 Å². The first-order valence-electron chi connectivity index (χ1n) is 19.5. The minimum absolute atomic E-state index is 0.883. The van der Waals surface area contributed by atoms with Crippen LogP contribution >= 0.6 is 22.7 Å². The molecule has 272 valence electrons. The Morgan fingerprint density at radius 1 is 0.276 bits per heavy atom. The summed E-state index contributed by atoms with van der Waals surface area (Å²) in [5.41, 5.74) is 13.6. The van der Waals surface area contributed by atoms with Crippen LogP contribution < -0.4 is 0 Å². The van der Waals surface area contributed by atoms with Crippen molar-refractivity contribution in [3.8, 4) is 67.2 Å². The van der Waals surface area contributed by atoms with Crippen LogP contribution in [0.3, 0.4) is 0 Å². The lowest BCUT2D eigenvalue weighted by Gasteiger charge is -2.04. The van der Waals surface area contributed by atoms with Crippen molar-refractivity contribution < 1.29 is 8.83 Å². The fourth-order valence-corrected chi connectivity index (χ4v) is 11.0. The van der Waals surface area contributed by atoms with Crippen LogP contribution in [0.4, 0.5) is 0 Å². The summed E-state index contributed by atoms with van der Waals surface area (Å²) >= 11 is 3.79. The first-order chi connectivity index (χ1) is 28.7. The highest BCUT2D eigenvalue weighted by atomic mass is 32.1. The molecule has 2 nitrogen and oxygen atoms in total. The molecule has 0 aliphatic rings. The van der Waals surface area contributed by atoms with Crippen LogP contribution in [0.15, 0.2) is 203 Å². The van der Waals surface area contributed by atoms with Crippen molar-refractivity contribution in [3.63, 3.8) is 0 Å². The molecule has 0 aliphatic carbocycles. The highest BCUT2D eigenvalue weighted by Crippen LogP contribution is 2.46. The van der Waals surface area contributed by atoms with Crippen molar-refractivity contribution in [1.29, 1.82) is 0 Å². The third kappa shape index (κ3) is 5.68. The minimum atomic E-state index is 0.883. The van der Waals surface area contributed by atoms with Crippen molar-refractivity contribution in [1.82, 2.24) is 0 Å². The van der Waals surface area contributed by atoms with Crippen LogP contribution in [0.2, 0.25) is 0 Å². The van der Waals surface area contributed by atoms with E-state index in [1.807, 2.05) is 34.8 Å². The van der Waals surface area contributed by atoms with Crippen LogP contribution in [0.5, 0.6) is 0 Å². The normalized spacial score (nSPS) is 11.8. The molecule has 12 rings (SSSR count). The molecule has 0 bridgehead atoms. The lowest BCUT2D eigenvalue weighted by molar-refractivity contribution is 0.631. The molecule has 4 aromatic heterocycles. The molecule has 4 heterocycles. The van der Waals surface area contributed by atoms with E-state index in [1.54, 1.807) is 0 Å². The smallest absolute Gasteiger partial charge is 0.135 e. The highest BCUT2D eigenvalue weighted by molar-refractivity contribution is 7.36. The van der Waals surface area contributed by atoms with Gasteiger partial charge in [0.2, 0.25) is 0 Å². The Labute approximate surface area is 342 Å². The monoisotopic (exact) mass is 776 g/mol. The lowest BCUT2D eigenvalue weighted by atomic mass is 10.0.